The minimum atomic E-state index is -0.392. The van der Waals surface area contributed by atoms with E-state index in [1.165, 1.54) is 17.9 Å². The molecule has 1 heterocycles. The Kier molecular flexibility index (Phi) is 3.64. The maximum Gasteiger partial charge on any atom is 0.165 e. The predicted octanol–water partition coefficient (Wildman–Crippen LogP) is 5.38. The standard InChI is InChI=1S/C16H12ClFOS/c1-19-13-7-6-11(8-12(13)18)16(17)15-9-10-4-2-3-5-14(10)20-15/h2-9,16H,1H3. The topological polar surface area (TPSA) is 9.23 Å². The lowest BCUT2D eigenvalue weighted by atomic mass is 10.1. The smallest absolute Gasteiger partial charge is 0.165 e. The Hall–Kier alpha value is -1.58. The summed E-state index contributed by atoms with van der Waals surface area (Å²) in [6.07, 6.45) is 0. The van der Waals surface area contributed by atoms with E-state index in [-0.39, 0.29) is 11.1 Å². The van der Waals surface area contributed by atoms with Crippen LogP contribution < -0.4 is 4.74 Å². The highest BCUT2D eigenvalue weighted by Gasteiger charge is 2.16. The molecule has 0 aliphatic carbocycles. The monoisotopic (exact) mass is 306 g/mol. The summed E-state index contributed by atoms with van der Waals surface area (Å²) in [6, 6.07) is 15.0. The Labute approximate surface area is 125 Å². The summed E-state index contributed by atoms with van der Waals surface area (Å²) in [6.45, 7) is 0. The van der Waals surface area contributed by atoms with Gasteiger partial charge in [0, 0.05) is 9.58 Å². The number of ether oxygens (including phenoxy) is 1. The van der Waals surface area contributed by atoms with Gasteiger partial charge in [0.2, 0.25) is 0 Å². The van der Waals surface area contributed by atoms with Crippen LogP contribution in [-0.4, -0.2) is 7.11 Å². The first-order valence-electron chi connectivity index (χ1n) is 6.15. The van der Waals surface area contributed by atoms with Gasteiger partial charge in [0.05, 0.1) is 12.5 Å². The summed E-state index contributed by atoms with van der Waals surface area (Å²) in [4.78, 5) is 1.01. The number of thiophene rings is 1. The van der Waals surface area contributed by atoms with Crippen molar-refractivity contribution in [3.05, 3.63) is 64.8 Å². The van der Waals surface area contributed by atoms with E-state index in [9.17, 15) is 4.39 Å². The van der Waals surface area contributed by atoms with E-state index < -0.39 is 5.82 Å². The van der Waals surface area contributed by atoms with Gasteiger partial charge in [0.15, 0.2) is 11.6 Å². The van der Waals surface area contributed by atoms with Crippen molar-refractivity contribution in [3.63, 3.8) is 0 Å². The molecule has 3 aromatic rings. The van der Waals surface area contributed by atoms with E-state index in [4.69, 9.17) is 16.3 Å². The number of alkyl halides is 1. The Balaban J connectivity index is 1.99. The average Bonchev–Trinajstić information content (AvgIpc) is 2.90. The number of halogens is 2. The summed E-state index contributed by atoms with van der Waals surface area (Å²) >= 11 is 8.10. The zero-order chi connectivity index (χ0) is 14.1. The third-order valence-corrected chi connectivity index (χ3v) is 4.96. The number of methoxy groups -OCH3 is 1. The van der Waals surface area contributed by atoms with E-state index in [2.05, 4.69) is 12.1 Å². The number of fused-ring (bicyclic) bond motifs is 1. The molecule has 3 rings (SSSR count). The Morgan fingerprint density at radius 3 is 2.65 bits per heavy atom. The SMILES string of the molecule is COc1ccc(C(Cl)c2cc3ccccc3s2)cc1F. The fourth-order valence-electron chi connectivity index (χ4n) is 2.13. The number of hydrogen-bond donors (Lipinski definition) is 0. The molecule has 102 valence electrons. The second-order valence-corrected chi connectivity index (χ2v) is 5.99. The molecule has 0 aliphatic rings. The fourth-order valence-corrected chi connectivity index (χ4v) is 3.54. The largest absolute Gasteiger partial charge is 0.494 e. The highest BCUT2D eigenvalue weighted by Crippen LogP contribution is 2.37. The molecule has 0 bridgehead atoms. The van der Waals surface area contributed by atoms with Crippen molar-refractivity contribution in [1.82, 2.24) is 0 Å². The molecule has 0 N–H and O–H groups in total. The van der Waals surface area contributed by atoms with Gasteiger partial charge in [-0.25, -0.2) is 4.39 Å². The Morgan fingerprint density at radius 1 is 1.15 bits per heavy atom. The van der Waals surface area contributed by atoms with Crippen molar-refractivity contribution >= 4 is 33.0 Å². The minimum absolute atomic E-state index is 0.231. The number of benzene rings is 2. The summed E-state index contributed by atoms with van der Waals surface area (Å²) in [5.41, 5.74) is 0.733. The van der Waals surface area contributed by atoms with Gasteiger partial charge in [-0.1, -0.05) is 24.3 Å². The Bertz CT molecular complexity index is 720. The molecule has 0 saturated carbocycles. The zero-order valence-corrected chi connectivity index (χ0v) is 12.3. The van der Waals surface area contributed by atoms with Crippen LogP contribution in [0.25, 0.3) is 10.1 Å². The lowest BCUT2D eigenvalue weighted by Crippen LogP contribution is -1.94. The normalized spacial score (nSPS) is 12.6. The Morgan fingerprint density at radius 2 is 1.95 bits per heavy atom. The van der Waals surface area contributed by atoms with Gasteiger partial charge in [-0.3, -0.25) is 0 Å². The maximum atomic E-state index is 13.8. The molecule has 0 aliphatic heterocycles. The minimum Gasteiger partial charge on any atom is -0.494 e. The van der Waals surface area contributed by atoms with Gasteiger partial charge in [-0.2, -0.15) is 0 Å². The lowest BCUT2D eigenvalue weighted by molar-refractivity contribution is 0.386. The molecule has 0 spiro atoms. The predicted molar refractivity (Wildman–Crippen MR) is 82.5 cm³/mol. The maximum absolute atomic E-state index is 13.8. The van der Waals surface area contributed by atoms with Crippen molar-refractivity contribution in [2.24, 2.45) is 0 Å². The van der Waals surface area contributed by atoms with E-state index in [1.54, 1.807) is 23.5 Å². The van der Waals surface area contributed by atoms with Gasteiger partial charge in [-0.15, -0.1) is 22.9 Å². The average molecular weight is 307 g/mol. The van der Waals surface area contributed by atoms with Crippen molar-refractivity contribution in [3.8, 4) is 5.75 Å². The van der Waals surface area contributed by atoms with Crippen molar-refractivity contribution in [2.75, 3.05) is 7.11 Å². The van der Waals surface area contributed by atoms with Gasteiger partial charge >= 0.3 is 0 Å². The molecule has 1 aromatic heterocycles. The fraction of sp³-hybridized carbons (Fsp3) is 0.125. The highest BCUT2D eigenvalue weighted by molar-refractivity contribution is 7.19. The first kappa shape index (κ1) is 13.4. The molecule has 1 atom stereocenters. The second kappa shape index (κ2) is 5.43. The van der Waals surface area contributed by atoms with E-state index >= 15 is 0 Å². The molecule has 1 unspecified atom stereocenters. The van der Waals surface area contributed by atoms with Crippen molar-refractivity contribution in [2.45, 2.75) is 5.38 Å². The molecular formula is C16H12ClFOS. The molecular weight excluding hydrogens is 295 g/mol. The summed E-state index contributed by atoms with van der Waals surface area (Å²) < 4.78 is 19.9. The molecule has 1 nitrogen and oxygen atoms in total. The van der Waals surface area contributed by atoms with Gasteiger partial charge in [-0.05, 0) is 35.2 Å². The van der Waals surface area contributed by atoms with Crippen LogP contribution in [0.5, 0.6) is 5.75 Å². The molecule has 0 amide bonds. The summed E-state index contributed by atoms with van der Waals surface area (Å²) in [5.74, 6) is -0.161. The van der Waals surface area contributed by atoms with Gasteiger partial charge < -0.3 is 4.74 Å². The van der Waals surface area contributed by atoms with E-state index in [1.807, 2.05) is 18.2 Å². The van der Waals surface area contributed by atoms with Crippen LogP contribution in [0.15, 0.2) is 48.5 Å². The summed E-state index contributed by atoms with van der Waals surface area (Å²) in [7, 11) is 1.45. The van der Waals surface area contributed by atoms with Crippen LogP contribution in [0.2, 0.25) is 0 Å². The molecule has 0 fully saturated rings. The molecule has 2 aromatic carbocycles. The van der Waals surface area contributed by atoms with Gasteiger partial charge in [0.25, 0.3) is 0 Å². The third kappa shape index (κ3) is 2.39. The van der Waals surface area contributed by atoms with Crippen LogP contribution in [0, 0.1) is 5.82 Å². The zero-order valence-electron chi connectivity index (χ0n) is 10.8. The molecule has 0 saturated heterocycles. The third-order valence-electron chi connectivity index (χ3n) is 3.16. The first-order valence-corrected chi connectivity index (χ1v) is 7.40. The van der Waals surface area contributed by atoms with Crippen molar-refractivity contribution in [1.29, 1.82) is 0 Å². The van der Waals surface area contributed by atoms with Gasteiger partial charge in [0.1, 0.15) is 0 Å². The summed E-state index contributed by atoms with van der Waals surface area (Å²) in [5, 5.41) is 0.805. The highest BCUT2D eigenvalue weighted by atomic mass is 35.5. The van der Waals surface area contributed by atoms with Crippen LogP contribution in [0.4, 0.5) is 4.39 Å². The van der Waals surface area contributed by atoms with Crippen LogP contribution in [0.3, 0.4) is 0 Å². The second-order valence-electron chi connectivity index (χ2n) is 4.44. The first-order chi connectivity index (χ1) is 9.69. The van der Waals surface area contributed by atoms with E-state index in [0.29, 0.717) is 0 Å². The molecule has 0 radical (unpaired) electrons. The van der Waals surface area contributed by atoms with E-state index in [0.717, 1.165) is 15.8 Å². The van der Waals surface area contributed by atoms with Crippen LogP contribution >= 0.6 is 22.9 Å². The number of rotatable bonds is 3. The van der Waals surface area contributed by atoms with Crippen LogP contribution in [0.1, 0.15) is 15.8 Å². The quantitative estimate of drug-likeness (QED) is 0.590. The number of hydrogen-bond acceptors (Lipinski definition) is 2. The van der Waals surface area contributed by atoms with Crippen LogP contribution in [-0.2, 0) is 0 Å². The van der Waals surface area contributed by atoms with Crippen molar-refractivity contribution < 1.29 is 9.13 Å². The lowest BCUT2D eigenvalue weighted by Gasteiger charge is -2.09. The molecule has 20 heavy (non-hydrogen) atoms. The molecule has 4 heteroatoms.